The van der Waals surface area contributed by atoms with Crippen molar-refractivity contribution in [3.63, 3.8) is 0 Å². The average Bonchev–Trinajstić information content (AvgIpc) is 2.49. The Balaban J connectivity index is 2.32. The first-order chi connectivity index (χ1) is 10.3. The van der Waals surface area contributed by atoms with Crippen molar-refractivity contribution in [1.29, 1.82) is 0 Å². The normalized spacial score (nSPS) is 11.0. The first kappa shape index (κ1) is 16.3. The molecule has 0 unspecified atom stereocenters. The van der Waals surface area contributed by atoms with E-state index in [0.29, 0.717) is 5.56 Å². The van der Waals surface area contributed by atoms with Gasteiger partial charge in [-0.3, -0.25) is 9.52 Å². The van der Waals surface area contributed by atoms with Crippen LogP contribution < -0.4 is 10.0 Å². The lowest BCUT2D eigenvalue weighted by Crippen LogP contribution is -2.18. The summed E-state index contributed by atoms with van der Waals surface area (Å²) in [5.74, 6) is -1.05. The summed E-state index contributed by atoms with van der Waals surface area (Å²) in [6.45, 7) is 0. The molecule has 8 heteroatoms. The lowest BCUT2D eigenvalue weighted by atomic mass is 10.2. The topological polar surface area (TPSA) is 75.3 Å². The number of anilines is 1. The molecule has 2 aromatic rings. The molecule has 0 aliphatic carbocycles. The summed E-state index contributed by atoms with van der Waals surface area (Å²) in [4.78, 5) is 11.4. The summed E-state index contributed by atoms with van der Waals surface area (Å²) in [7, 11) is -2.46. The van der Waals surface area contributed by atoms with Crippen molar-refractivity contribution in [3.05, 3.63) is 58.9 Å². The largest absolute Gasteiger partial charge is 0.355 e. The predicted molar refractivity (Wildman–Crippen MR) is 82.1 cm³/mol. The van der Waals surface area contributed by atoms with Crippen molar-refractivity contribution in [3.8, 4) is 0 Å². The van der Waals surface area contributed by atoms with Gasteiger partial charge in [-0.25, -0.2) is 12.8 Å². The van der Waals surface area contributed by atoms with E-state index < -0.39 is 15.8 Å². The van der Waals surface area contributed by atoms with E-state index in [1.807, 2.05) is 0 Å². The third kappa shape index (κ3) is 3.55. The average molecular weight is 343 g/mol. The quantitative estimate of drug-likeness (QED) is 0.897. The van der Waals surface area contributed by atoms with Crippen molar-refractivity contribution in [2.75, 3.05) is 11.8 Å². The molecule has 0 saturated carbocycles. The number of carbonyl (C=O) groups is 1. The van der Waals surface area contributed by atoms with E-state index in [0.717, 1.165) is 18.2 Å². The van der Waals surface area contributed by atoms with Crippen LogP contribution in [0.25, 0.3) is 0 Å². The van der Waals surface area contributed by atoms with Gasteiger partial charge in [-0.2, -0.15) is 0 Å². The minimum Gasteiger partial charge on any atom is -0.355 e. The predicted octanol–water partition coefficient (Wildman–Crippen LogP) is 2.64. The maximum absolute atomic E-state index is 13.1. The van der Waals surface area contributed by atoms with Gasteiger partial charge in [0.1, 0.15) is 5.82 Å². The van der Waals surface area contributed by atoms with Crippen molar-refractivity contribution in [2.24, 2.45) is 0 Å². The third-order valence-corrected chi connectivity index (χ3v) is 4.47. The highest BCUT2D eigenvalue weighted by Gasteiger charge is 2.16. The van der Waals surface area contributed by atoms with E-state index in [1.54, 1.807) is 12.1 Å². The van der Waals surface area contributed by atoms with E-state index in [2.05, 4.69) is 10.0 Å². The van der Waals surface area contributed by atoms with Gasteiger partial charge in [-0.1, -0.05) is 17.7 Å². The molecule has 0 aromatic heterocycles. The van der Waals surface area contributed by atoms with E-state index in [1.165, 1.54) is 19.2 Å². The smallest absolute Gasteiger partial charge is 0.261 e. The van der Waals surface area contributed by atoms with Gasteiger partial charge in [0.2, 0.25) is 0 Å². The Bertz CT molecular complexity index is 825. The SMILES string of the molecule is CNC(=O)c1cccc(NS(=O)(=O)c2ccc(F)c(Cl)c2)c1. The van der Waals surface area contributed by atoms with Gasteiger partial charge in [0.15, 0.2) is 0 Å². The minimum absolute atomic E-state index is 0.177. The monoisotopic (exact) mass is 342 g/mol. The highest BCUT2D eigenvalue weighted by atomic mass is 35.5. The first-order valence-electron chi connectivity index (χ1n) is 6.13. The number of carbonyl (C=O) groups excluding carboxylic acids is 1. The fourth-order valence-electron chi connectivity index (χ4n) is 1.73. The van der Waals surface area contributed by atoms with Crippen molar-refractivity contribution in [1.82, 2.24) is 5.32 Å². The van der Waals surface area contributed by atoms with Crippen LogP contribution in [0.15, 0.2) is 47.4 Å². The first-order valence-corrected chi connectivity index (χ1v) is 7.99. The van der Waals surface area contributed by atoms with Crippen molar-refractivity contribution in [2.45, 2.75) is 4.90 Å². The van der Waals surface area contributed by atoms with E-state index in [9.17, 15) is 17.6 Å². The molecule has 0 bridgehead atoms. The Hall–Kier alpha value is -2.12. The number of halogens is 2. The Morgan fingerprint density at radius 2 is 1.91 bits per heavy atom. The number of benzene rings is 2. The Kier molecular flexibility index (Phi) is 4.68. The maximum Gasteiger partial charge on any atom is 0.261 e. The Labute approximate surface area is 132 Å². The molecule has 0 heterocycles. The molecule has 22 heavy (non-hydrogen) atoms. The molecule has 2 N–H and O–H groups in total. The summed E-state index contributed by atoms with van der Waals surface area (Å²) in [6, 6.07) is 9.06. The minimum atomic E-state index is -3.93. The molecular weight excluding hydrogens is 331 g/mol. The van der Waals surface area contributed by atoms with Crippen LogP contribution in [-0.2, 0) is 10.0 Å². The van der Waals surface area contributed by atoms with Gasteiger partial charge in [-0.05, 0) is 36.4 Å². The fourth-order valence-corrected chi connectivity index (χ4v) is 3.05. The fraction of sp³-hybridized carbons (Fsp3) is 0.0714. The Morgan fingerprint density at radius 3 is 2.55 bits per heavy atom. The van der Waals surface area contributed by atoms with Gasteiger partial charge >= 0.3 is 0 Å². The molecule has 2 aromatic carbocycles. The Morgan fingerprint density at radius 1 is 1.18 bits per heavy atom. The van der Waals surface area contributed by atoms with E-state index in [-0.39, 0.29) is 21.5 Å². The van der Waals surface area contributed by atoms with Gasteiger partial charge < -0.3 is 5.32 Å². The number of nitrogens with one attached hydrogen (secondary N) is 2. The van der Waals surface area contributed by atoms with Crippen molar-refractivity contribution < 1.29 is 17.6 Å². The number of sulfonamides is 1. The number of hydrogen-bond acceptors (Lipinski definition) is 3. The summed E-state index contributed by atoms with van der Waals surface area (Å²) in [5, 5.41) is 2.15. The summed E-state index contributed by atoms with van der Waals surface area (Å²) >= 11 is 5.59. The molecular formula is C14H12ClFN2O3S. The van der Waals surface area contributed by atoms with Crippen LogP contribution in [0.4, 0.5) is 10.1 Å². The van der Waals surface area contributed by atoms with Crippen LogP contribution in [0.3, 0.4) is 0 Å². The van der Waals surface area contributed by atoms with Gasteiger partial charge in [0.25, 0.3) is 15.9 Å². The molecule has 0 spiro atoms. The van der Waals surface area contributed by atoms with Gasteiger partial charge in [0, 0.05) is 18.3 Å². The highest BCUT2D eigenvalue weighted by molar-refractivity contribution is 7.92. The zero-order valence-electron chi connectivity index (χ0n) is 11.4. The molecule has 0 aliphatic heterocycles. The second-order valence-electron chi connectivity index (χ2n) is 4.34. The molecule has 0 aliphatic rings. The van der Waals surface area contributed by atoms with E-state index in [4.69, 9.17) is 11.6 Å². The molecule has 5 nitrogen and oxygen atoms in total. The summed E-state index contributed by atoms with van der Waals surface area (Å²) in [6.07, 6.45) is 0. The maximum atomic E-state index is 13.1. The standard InChI is InChI=1S/C14H12ClFN2O3S/c1-17-14(19)9-3-2-4-10(7-9)18-22(20,21)11-5-6-13(16)12(15)8-11/h2-8,18H,1H3,(H,17,19). The lowest BCUT2D eigenvalue weighted by Gasteiger charge is -2.09. The van der Waals surface area contributed by atoms with Crippen LogP contribution in [0.2, 0.25) is 5.02 Å². The van der Waals surface area contributed by atoms with Crippen LogP contribution in [0, 0.1) is 5.82 Å². The molecule has 116 valence electrons. The molecule has 0 atom stereocenters. The van der Waals surface area contributed by atoms with E-state index >= 15 is 0 Å². The second-order valence-corrected chi connectivity index (χ2v) is 6.43. The van der Waals surface area contributed by atoms with Crippen LogP contribution in [0.1, 0.15) is 10.4 Å². The molecule has 1 amide bonds. The number of rotatable bonds is 4. The van der Waals surface area contributed by atoms with Crippen molar-refractivity contribution >= 4 is 33.2 Å². The van der Waals surface area contributed by atoms with Crippen LogP contribution >= 0.6 is 11.6 Å². The third-order valence-electron chi connectivity index (χ3n) is 2.81. The molecule has 0 radical (unpaired) electrons. The van der Waals surface area contributed by atoms with Crippen LogP contribution in [0.5, 0.6) is 0 Å². The number of amides is 1. The zero-order valence-corrected chi connectivity index (χ0v) is 13.0. The summed E-state index contributed by atoms with van der Waals surface area (Å²) in [5.41, 5.74) is 0.515. The summed E-state index contributed by atoms with van der Waals surface area (Å²) < 4.78 is 39.9. The van der Waals surface area contributed by atoms with Crippen LogP contribution in [-0.4, -0.2) is 21.4 Å². The zero-order chi connectivity index (χ0) is 16.3. The molecule has 2 rings (SSSR count). The highest BCUT2D eigenvalue weighted by Crippen LogP contribution is 2.22. The lowest BCUT2D eigenvalue weighted by molar-refractivity contribution is 0.0963. The molecule has 0 fully saturated rings. The van der Waals surface area contributed by atoms with Gasteiger partial charge in [0.05, 0.1) is 9.92 Å². The molecule has 0 saturated heterocycles. The number of hydrogen-bond donors (Lipinski definition) is 2. The second kappa shape index (κ2) is 6.33. The van der Waals surface area contributed by atoms with Gasteiger partial charge in [-0.15, -0.1) is 0 Å².